The molecule has 0 aliphatic heterocycles. The molecule has 0 saturated carbocycles. The predicted octanol–water partition coefficient (Wildman–Crippen LogP) is 5.41. The van der Waals surface area contributed by atoms with Gasteiger partial charge in [-0.2, -0.15) is 13.2 Å². The molecule has 1 N–H and O–H groups in total. The van der Waals surface area contributed by atoms with Crippen LogP contribution in [0.2, 0.25) is 0 Å². The second-order valence-corrected chi connectivity index (χ2v) is 7.31. The van der Waals surface area contributed by atoms with Crippen LogP contribution in [0.1, 0.15) is 25.0 Å². The average molecular weight is 442 g/mol. The molecule has 0 spiro atoms. The average Bonchev–Trinajstić information content (AvgIpc) is 2.65. The van der Waals surface area contributed by atoms with E-state index in [1.165, 1.54) is 13.8 Å². The summed E-state index contributed by atoms with van der Waals surface area (Å²) < 4.78 is 67.7. The number of alkyl halides is 3. The first kappa shape index (κ1) is 24.0. The van der Waals surface area contributed by atoms with Crippen molar-refractivity contribution in [2.24, 2.45) is 0 Å². The van der Waals surface area contributed by atoms with Crippen LogP contribution in [-0.2, 0) is 11.0 Å². The maximum Gasteiger partial charge on any atom is 0.419 e. The van der Waals surface area contributed by atoms with E-state index in [9.17, 15) is 22.4 Å². The number of ether oxygens (including phenoxy) is 3. The molecule has 0 atom stereocenters. The highest BCUT2D eigenvalue weighted by Crippen LogP contribution is 2.33. The molecule has 2 aromatic carbocycles. The number of rotatable bonds is 9. The molecule has 168 valence electrons. The van der Waals surface area contributed by atoms with Gasteiger partial charge in [-0.3, -0.25) is 0 Å². The van der Waals surface area contributed by atoms with Gasteiger partial charge < -0.3 is 19.3 Å². The number of carboxylic acids is 1. The number of aliphatic carboxylic acids is 1. The van der Waals surface area contributed by atoms with Gasteiger partial charge in [-0.15, -0.1) is 0 Å². The number of hydrogen-bond acceptors (Lipinski definition) is 4. The minimum absolute atomic E-state index is 0.0450. The standard InChI is InChI=1S/C22H22F4O5/c1-13(12-30-16-5-7-17(18(23)10-16)22(24,25)26)11-29-15-6-8-19(14(2)9-15)31-21(3,4)20(27)28/h5-10H,1,11-12H2,2-4H3,(H,27,28). The van der Waals surface area contributed by atoms with Gasteiger partial charge in [-0.1, -0.05) is 6.58 Å². The van der Waals surface area contributed by atoms with Gasteiger partial charge in [-0.05, 0) is 62.2 Å². The minimum atomic E-state index is -4.78. The molecule has 31 heavy (non-hydrogen) atoms. The van der Waals surface area contributed by atoms with Crippen LogP contribution in [0.5, 0.6) is 17.2 Å². The van der Waals surface area contributed by atoms with Crippen molar-refractivity contribution in [2.75, 3.05) is 13.2 Å². The third-order valence-electron chi connectivity index (χ3n) is 4.16. The van der Waals surface area contributed by atoms with Crippen LogP contribution in [0.4, 0.5) is 17.6 Å². The third kappa shape index (κ3) is 6.63. The number of halogens is 4. The van der Waals surface area contributed by atoms with Crippen molar-refractivity contribution in [3.05, 3.63) is 65.5 Å². The molecule has 0 bridgehead atoms. The Morgan fingerprint density at radius 2 is 1.58 bits per heavy atom. The van der Waals surface area contributed by atoms with E-state index in [4.69, 9.17) is 19.3 Å². The van der Waals surface area contributed by atoms with Gasteiger partial charge in [0.25, 0.3) is 0 Å². The summed E-state index contributed by atoms with van der Waals surface area (Å²) in [5.41, 5.74) is -1.63. The number of aryl methyl sites for hydroxylation is 1. The van der Waals surface area contributed by atoms with E-state index in [1.54, 1.807) is 25.1 Å². The molecule has 0 radical (unpaired) electrons. The molecule has 0 aliphatic rings. The molecular formula is C22H22F4O5. The van der Waals surface area contributed by atoms with Gasteiger partial charge in [0.1, 0.15) is 36.3 Å². The largest absolute Gasteiger partial charge is 0.489 e. The Morgan fingerprint density at radius 1 is 1.03 bits per heavy atom. The Kier molecular flexibility index (Phi) is 7.20. The molecular weight excluding hydrogens is 420 g/mol. The lowest BCUT2D eigenvalue weighted by Gasteiger charge is -2.23. The molecule has 0 aliphatic carbocycles. The highest BCUT2D eigenvalue weighted by Gasteiger charge is 2.34. The molecule has 0 fully saturated rings. The number of carboxylic acid groups (broad SMARTS) is 1. The van der Waals surface area contributed by atoms with E-state index in [2.05, 4.69) is 6.58 Å². The van der Waals surface area contributed by atoms with Crippen molar-refractivity contribution in [3.63, 3.8) is 0 Å². The van der Waals surface area contributed by atoms with E-state index in [1.807, 2.05) is 0 Å². The first-order valence-electron chi connectivity index (χ1n) is 9.11. The second-order valence-electron chi connectivity index (χ2n) is 7.31. The Bertz CT molecular complexity index is 967. The molecule has 9 heteroatoms. The fourth-order valence-corrected chi connectivity index (χ4v) is 2.37. The molecule has 0 saturated heterocycles. The first-order valence-corrected chi connectivity index (χ1v) is 9.11. The molecule has 2 aromatic rings. The van der Waals surface area contributed by atoms with Gasteiger partial charge in [0, 0.05) is 6.07 Å². The van der Waals surface area contributed by atoms with Crippen LogP contribution in [0.15, 0.2) is 48.6 Å². The topological polar surface area (TPSA) is 65.0 Å². The van der Waals surface area contributed by atoms with Crippen LogP contribution in [0.3, 0.4) is 0 Å². The Labute approximate surface area is 176 Å². The van der Waals surface area contributed by atoms with Crippen LogP contribution >= 0.6 is 0 Å². The number of benzene rings is 2. The Hall–Kier alpha value is -3.23. The fraction of sp³-hybridized carbons (Fsp3) is 0.318. The van der Waals surface area contributed by atoms with Gasteiger partial charge in [0.2, 0.25) is 0 Å². The van der Waals surface area contributed by atoms with Crippen molar-refractivity contribution >= 4 is 5.97 Å². The molecule has 5 nitrogen and oxygen atoms in total. The van der Waals surface area contributed by atoms with Crippen molar-refractivity contribution in [1.82, 2.24) is 0 Å². The maximum atomic E-state index is 13.6. The van der Waals surface area contributed by atoms with E-state index < -0.39 is 29.1 Å². The molecule has 0 unspecified atom stereocenters. The van der Waals surface area contributed by atoms with Gasteiger partial charge >= 0.3 is 12.1 Å². The van der Waals surface area contributed by atoms with Gasteiger partial charge in [0.05, 0.1) is 5.56 Å². The molecule has 0 aromatic heterocycles. The SMILES string of the molecule is C=C(COc1ccc(OC(C)(C)C(=O)O)c(C)c1)COc1ccc(C(F)(F)F)c(F)c1. The highest BCUT2D eigenvalue weighted by molar-refractivity contribution is 5.76. The van der Waals surface area contributed by atoms with Crippen LogP contribution in [0, 0.1) is 12.7 Å². The summed E-state index contributed by atoms with van der Waals surface area (Å²) in [5, 5.41) is 9.15. The monoisotopic (exact) mass is 442 g/mol. The van der Waals surface area contributed by atoms with Crippen molar-refractivity contribution in [1.29, 1.82) is 0 Å². The van der Waals surface area contributed by atoms with Gasteiger partial charge in [-0.25, -0.2) is 9.18 Å². The van der Waals surface area contributed by atoms with Crippen molar-refractivity contribution in [3.8, 4) is 17.2 Å². The molecule has 2 rings (SSSR count). The van der Waals surface area contributed by atoms with E-state index in [-0.39, 0.29) is 19.0 Å². The predicted molar refractivity (Wildman–Crippen MR) is 105 cm³/mol. The van der Waals surface area contributed by atoms with Crippen LogP contribution < -0.4 is 14.2 Å². The Balaban J connectivity index is 1.90. The highest BCUT2D eigenvalue weighted by atomic mass is 19.4. The zero-order chi connectivity index (χ0) is 23.4. The summed E-state index contributed by atoms with van der Waals surface area (Å²) in [6.07, 6.45) is -4.78. The summed E-state index contributed by atoms with van der Waals surface area (Å²) >= 11 is 0. The zero-order valence-corrected chi connectivity index (χ0v) is 17.2. The molecule has 0 amide bonds. The lowest BCUT2D eigenvalue weighted by Crippen LogP contribution is -2.38. The van der Waals surface area contributed by atoms with Crippen LogP contribution in [-0.4, -0.2) is 29.9 Å². The first-order chi connectivity index (χ1) is 14.3. The number of carbonyl (C=O) groups is 1. The summed E-state index contributed by atoms with van der Waals surface area (Å²) in [7, 11) is 0. The van der Waals surface area contributed by atoms with E-state index >= 15 is 0 Å². The minimum Gasteiger partial charge on any atom is -0.489 e. The summed E-state index contributed by atoms with van der Waals surface area (Å²) in [6.45, 7) is 8.32. The zero-order valence-electron chi connectivity index (χ0n) is 17.2. The van der Waals surface area contributed by atoms with Crippen LogP contribution in [0.25, 0.3) is 0 Å². The second kappa shape index (κ2) is 9.28. The summed E-state index contributed by atoms with van der Waals surface area (Å²) in [6, 6.07) is 7.15. The van der Waals surface area contributed by atoms with Gasteiger partial charge in [0.15, 0.2) is 5.60 Å². The lowest BCUT2D eigenvalue weighted by atomic mass is 10.1. The third-order valence-corrected chi connectivity index (χ3v) is 4.16. The summed E-state index contributed by atoms with van der Waals surface area (Å²) in [5.74, 6) is -1.72. The van der Waals surface area contributed by atoms with Crippen molar-refractivity contribution < 1.29 is 41.7 Å². The smallest absolute Gasteiger partial charge is 0.419 e. The molecule has 0 heterocycles. The van der Waals surface area contributed by atoms with E-state index in [0.717, 1.165) is 6.07 Å². The maximum absolute atomic E-state index is 13.6. The normalized spacial score (nSPS) is 11.7. The summed E-state index contributed by atoms with van der Waals surface area (Å²) in [4.78, 5) is 11.2. The quantitative estimate of drug-likeness (QED) is 0.416. The fourth-order valence-electron chi connectivity index (χ4n) is 2.37. The van der Waals surface area contributed by atoms with Crippen molar-refractivity contribution in [2.45, 2.75) is 32.5 Å². The Morgan fingerprint density at radius 3 is 2.06 bits per heavy atom. The number of hydrogen-bond donors (Lipinski definition) is 1. The lowest BCUT2D eigenvalue weighted by molar-refractivity contribution is -0.152. The van der Waals surface area contributed by atoms with E-state index in [0.29, 0.717) is 34.8 Å².